The van der Waals surface area contributed by atoms with E-state index in [1.54, 1.807) is 12.1 Å². The number of nitrogens with one attached hydrogen (secondary N) is 1. The lowest BCUT2D eigenvalue weighted by molar-refractivity contribution is -0.140. The Bertz CT molecular complexity index is 514. The quantitative estimate of drug-likeness (QED) is 0.853. The second kappa shape index (κ2) is 4.41. The fourth-order valence-corrected chi connectivity index (χ4v) is 1.79. The average molecular weight is 242 g/mol. The lowest BCUT2D eigenvalue weighted by Gasteiger charge is -2.01. The average Bonchev–Trinajstić information content (AvgIpc) is 2.68. The molecule has 0 saturated carbocycles. The van der Waals surface area contributed by atoms with Crippen LogP contribution in [0.25, 0.3) is 10.9 Å². The Morgan fingerprint density at radius 1 is 1.18 bits per heavy atom. The Labute approximate surface area is 96.6 Å². The van der Waals surface area contributed by atoms with Crippen LogP contribution >= 0.6 is 0 Å². The number of hydrogen-bond donors (Lipinski definition) is 2. The van der Waals surface area contributed by atoms with Crippen LogP contribution < -0.4 is 5.73 Å². The minimum absolute atomic E-state index is 0.520. The van der Waals surface area contributed by atoms with Gasteiger partial charge < -0.3 is 10.7 Å². The number of H-pyrrole nitrogens is 1. The fraction of sp³-hybridized carbons (Fsp3) is 0.333. The van der Waals surface area contributed by atoms with E-state index < -0.39 is 11.9 Å². The van der Waals surface area contributed by atoms with Gasteiger partial charge in [0.05, 0.1) is 0 Å². The number of aromatic amines is 1. The zero-order valence-corrected chi connectivity index (χ0v) is 9.14. The predicted molar refractivity (Wildman–Crippen MR) is 60.7 cm³/mol. The van der Waals surface area contributed by atoms with Gasteiger partial charge in [-0.15, -0.1) is 0 Å². The normalized spacial score (nSPS) is 12.2. The summed E-state index contributed by atoms with van der Waals surface area (Å²) < 4.78 is 37.4. The van der Waals surface area contributed by atoms with E-state index in [1.165, 1.54) is 0 Å². The molecule has 0 saturated heterocycles. The van der Waals surface area contributed by atoms with Gasteiger partial charge in [-0.2, -0.15) is 13.2 Å². The minimum atomic E-state index is -4.32. The molecule has 92 valence electrons. The Morgan fingerprint density at radius 2 is 1.94 bits per heavy atom. The molecule has 3 N–H and O–H groups in total. The van der Waals surface area contributed by atoms with Crippen LogP contribution in [-0.4, -0.2) is 11.5 Å². The van der Waals surface area contributed by atoms with E-state index in [0.717, 1.165) is 24.5 Å². The van der Waals surface area contributed by atoms with Gasteiger partial charge in [0.2, 0.25) is 0 Å². The van der Waals surface area contributed by atoms with Crippen LogP contribution in [0.5, 0.6) is 0 Å². The number of rotatable bonds is 3. The van der Waals surface area contributed by atoms with Gasteiger partial charge >= 0.3 is 6.18 Å². The highest BCUT2D eigenvalue weighted by molar-refractivity contribution is 5.81. The van der Waals surface area contributed by atoms with Crippen molar-refractivity contribution in [2.45, 2.75) is 19.0 Å². The molecule has 17 heavy (non-hydrogen) atoms. The molecule has 1 aromatic carbocycles. The molecular weight excluding hydrogens is 229 g/mol. The van der Waals surface area contributed by atoms with Crippen molar-refractivity contribution < 1.29 is 13.2 Å². The van der Waals surface area contributed by atoms with Gasteiger partial charge in [0.25, 0.3) is 0 Å². The van der Waals surface area contributed by atoms with Crippen molar-refractivity contribution in [1.82, 2.24) is 4.98 Å². The molecule has 0 bridgehead atoms. The van der Waals surface area contributed by atoms with Crippen molar-refractivity contribution in [3.63, 3.8) is 0 Å². The summed E-state index contributed by atoms with van der Waals surface area (Å²) in [6.07, 6.45) is -2.71. The second-order valence-corrected chi connectivity index (χ2v) is 3.99. The fourth-order valence-electron chi connectivity index (χ4n) is 1.79. The van der Waals surface area contributed by atoms with Crippen LogP contribution in [0.15, 0.2) is 24.3 Å². The summed E-state index contributed by atoms with van der Waals surface area (Å²) in [7, 11) is 0. The number of hydrogen-bond acceptors (Lipinski definition) is 1. The maximum atomic E-state index is 12.5. The molecule has 0 radical (unpaired) electrons. The number of aromatic nitrogens is 1. The molecule has 0 amide bonds. The number of aryl methyl sites for hydroxylation is 1. The maximum absolute atomic E-state index is 12.5. The SMILES string of the molecule is NCCCc1ccc2cc(C(F)(F)F)[nH]c2c1. The molecule has 2 nitrogen and oxygen atoms in total. The van der Waals surface area contributed by atoms with E-state index in [-0.39, 0.29) is 0 Å². The molecule has 0 spiro atoms. The zero-order chi connectivity index (χ0) is 12.5. The number of nitrogens with two attached hydrogens (primary N) is 1. The summed E-state index contributed by atoms with van der Waals surface area (Å²) in [6.45, 7) is 0.580. The molecule has 2 rings (SSSR count). The van der Waals surface area contributed by atoms with Crippen molar-refractivity contribution in [1.29, 1.82) is 0 Å². The molecule has 0 aliphatic carbocycles. The standard InChI is InChI=1S/C12H13F3N2/c13-12(14,15)11-7-9-4-3-8(2-1-5-16)6-10(9)17-11/h3-4,6-7,17H,1-2,5,16H2. The molecule has 0 unspecified atom stereocenters. The predicted octanol–water partition coefficient (Wildman–Crippen LogP) is 3.08. The zero-order valence-electron chi connectivity index (χ0n) is 9.14. The third kappa shape index (κ3) is 2.61. The molecule has 1 aromatic heterocycles. The monoisotopic (exact) mass is 242 g/mol. The van der Waals surface area contributed by atoms with Gasteiger partial charge in [-0.1, -0.05) is 12.1 Å². The van der Waals surface area contributed by atoms with Crippen LogP contribution in [0.3, 0.4) is 0 Å². The van der Waals surface area contributed by atoms with Gasteiger partial charge in [0.1, 0.15) is 5.69 Å². The number of fused-ring (bicyclic) bond motifs is 1. The van der Waals surface area contributed by atoms with Gasteiger partial charge in [0.15, 0.2) is 0 Å². The summed E-state index contributed by atoms with van der Waals surface area (Å²) in [5.74, 6) is 0. The first-order valence-corrected chi connectivity index (χ1v) is 5.39. The molecule has 0 aliphatic heterocycles. The van der Waals surface area contributed by atoms with Gasteiger partial charge in [-0.3, -0.25) is 0 Å². The summed E-state index contributed by atoms with van der Waals surface area (Å²) in [5, 5.41) is 0.578. The van der Waals surface area contributed by atoms with Crippen LogP contribution in [0.1, 0.15) is 17.7 Å². The Kier molecular flexibility index (Phi) is 3.11. The lowest BCUT2D eigenvalue weighted by atomic mass is 10.1. The minimum Gasteiger partial charge on any atom is -0.351 e. The molecule has 0 atom stereocenters. The topological polar surface area (TPSA) is 41.8 Å². The third-order valence-electron chi connectivity index (χ3n) is 2.66. The Balaban J connectivity index is 2.34. The third-order valence-corrected chi connectivity index (χ3v) is 2.66. The van der Waals surface area contributed by atoms with E-state index in [2.05, 4.69) is 4.98 Å². The van der Waals surface area contributed by atoms with Crippen molar-refractivity contribution in [2.75, 3.05) is 6.54 Å². The number of benzene rings is 1. The summed E-state index contributed by atoms with van der Waals surface area (Å²) in [5.41, 5.74) is 6.21. The van der Waals surface area contributed by atoms with E-state index in [9.17, 15) is 13.2 Å². The molecule has 0 aliphatic rings. The highest BCUT2D eigenvalue weighted by Crippen LogP contribution is 2.31. The lowest BCUT2D eigenvalue weighted by Crippen LogP contribution is -2.04. The first kappa shape index (κ1) is 12.0. The number of halogens is 3. The highest BCUT2D eigenvalue weighted by atomic mass is 19.4. The first-order valence-electron chi connectivity index (χ1n) is 5.39. The summed E-state index contributed by atoms with van der Waals surface area (Å²) in [6, 6.07) is 6.42. The summed E-state index contributed by atoms with van der Waals surface area (Å²) in [4.78, 5) is 2.40. The van der Waals surface area contributed by atoms with Crippen molar-refractivity contribution in [3.8, 4) is 0 Å². The smallest absolute Gasteiger partial charge is 0.351 e. The van der Waals surface area contributed by atoms with Gasteiger partial charge in [-0.05, 0) is 37.1 Å². The van der Waals surface area contributed by atoms with Crippen molar-refractivity contribution in [3.05, 3.63) is 35.5 Å². The maximum Gasteiger partial charge on any atom is 0.431 e. The molecule has 2 aromatic rings. The van der Waals surface area contributed by atoms with E-state index in [0.29, 0.717) is 17.4 Å². The molecule has 1 heterocycles. The Hall–Kier alpha value is -1.49. The van der Waals surface area contributed by atoms with E-state index >= 15 is 0 Å². The van der Waals surface area contributed by atoms with Crippen LogP contribution in [0, 0.1) is 0 Å². The van der Waals surface area contributed by atoms with Crippen LogP contribution in [-0.2, 0) is 12.6 Å². The molecule has 0 fully saturated rings. The first-order chi connectivity index (χ1) is 8.00. The van der Waals surface area contributed by atoms with Gasteiger partial charge in [-0.25, -0.2) is 0 Å². The Morgan fingerprint density at radius 3 is 2.59 bits per heavy atom. The largest absolute Gasteiger partial charge is 0.431 e. The van der Waals surface area contributed by atoms with Crippen LogP contribution in [0.2, 0.25) is 0 Å². The molecule has 5 heteroatoms. The summed E-state index contributed by atoms with van der Waals surface area (Å²) >= 11 is 0. The molecular formula is C12H13F3N2. The van der Waals surface area contributed by atoms with E-state index in [4.69, 9.17) is 5.73 Å². The second-order valence-electron chi connectivity index (χ2n) is 3.99. The highest BCUT2D eigenvalue weighted by Gasteiger charge is 2.32. The number of alkyl halides is 3. The van der Waals surface area contributed by atoms with Crippen molar-refractivity contribution in [2.24, 2.45) is 5.73 Å². The van der Waals surface area contributed by atoms with Crippen LogP contribution in [0.4, 0.5) is 13.2 Å². The van der Waals surface area contributed by atoms with Crippen molar-refractivity contribution >= 4 is 10.9 Å². The van der Waals surface area contributed by atoms with E-state index in [1.807, 2.05) is 6.07 Å². The van der Waals surface area contributed by atoms with Gasteiger partial charge in [0, 0.05) is 10.9 Å².